The fourth-order valence-corrected chi connectivity index (χ4v) is 4.65. The van der Waals surface area contributed by atoms with E-state index in [2.05, 4.69) is 109 Å². The molecule has 0 aliphatic heterocycles. The lowest BCUT2D eigenvalue weighted by molar-refractivity contribution is 1.32. The van der Waals surface area contributed by atoms with Gasteiger partial charge in [-0.2, -0.15) is 0 Å². The van der Waals surface area contributed by atoms with Gasteiger partial charge in [-0.1, -0.05) is 97.1 Å². The van der Waals surface area contributed by atoms with E-state index in [1.807, 2.05) is 36.7 Å². The van der Waals surface area contributed by atoms with E-state index < -0.39 is 0 Å². The quantitative estimate of drug-likeness (QED) is 0.257. The minimum Gasteiger partial charge on any atom is -0.256 e. The van der Waals surface area contributed by atoms with Crippen LogP contribution < -0.4 is 0 Å². The van der Waals surface area contributed by atoms with Crippen LogP contribution >= 0.6 is 0 Å². The van der Waals surface area contributed by atoms with Gasteiger partial charge in [0.05, 0.1) is 11.4 Å². The van der Waals surface area contributed by atoms with Crippen molar-refractivity contribution in [2.24, 2.45) is 0 Å². The second-order valence-corrected chi connectivity index (χ2v) is 8.68. The molecule has 170 valence electrons. The van der Waals surface area contributed by atoms with Crippen molar-refractivity contribution < 1.29 is 0 Å². The Bertz CT molecular complexity index is 1470. The first-order valence-corrected chi connectivity index (χ1v) is 12.1. The van der Waals surface area contributed by atoms with Crippen LogP contribution in [-0.2, 0) is 0 Å². The molecule has 2 nitrogen and oxygen atoms in total. The number of hydrogen-bond acceptors (Lipinski definition) is 2. The summed E-state index contributed by atoms with van der Waals surface area (Å²) in [6.07, 6.45) is 3.70. The van der Waals surface area contributed by atoms with Gasteiger partial charge in [0.15, 0.2) is 0 Å². The molecule has 2 heteroatoms. The van der Waals surface area contributed by atoms with Gasteiger partial charge in [0, 0.05) is 23.5 Å². The molecule has 0 saturated carbocycles. The molecule has 4 aromatic carbocycles. The number of nitrogens with zero attached hydrogens (tertiary/aromatic N) is 2. The van der Waals surface area contributed by atoms with Gasteiger partial charge in [-0.3, -0.25) is 9.97 Å². The molecule has 0 bridgehead atoms. The molecule has 0 aliphatic rings. The minimum absolute atomic E-state index is 0.948. The molecule has 6 aromatic rings. The first-order valence-electron chi connectivity index (χ1n) is 12.1. The Balaban J connectivity index is 1.64. The third-order valence-corrected chi connectivity index (χ3v) is 6.43. The number of pyridine rings is 2. The highest BCUT2D eigenvalue weighted by molar-refractivity contribution is 5.94. The molecule has 0 fully saturated rings. The zero-order chi connectivity index (χ0) is 24.2. The van der Waals surface area contributed by atoms with Crippen LogP contribution in [0.2, 0.25) is 0 Å². The zero-order valence-corrected chi connectivity index (χ0v) is 19.8. The van der Waals surface area contributed by atoms with Crippen LogP contribution in [-0.4, -0.2) is 9.97 Å². The predicted molar refractivity (Wildman–Crippen MR) is 149 cm³/mol. The van der Waals surface area contributed by atoms with Crippen molar-refractivity contribution in [2.75, 3.05) is 0 Å². The Morgan fingerprint density at radius 3 is 1.11 bits per heavy atom. The van der Waals surface area contributed by atoms with Crippen LogP contribution in [0.1, 0.15) is 0 Å². The largest absolute Gasteiger partial charge is 0.256 e. The summed E-state index contributed by atoms with van der Waals surface area (Å²) in [4.78, 5) is 9.41. The summed E-state index contributed by atoms with van der Waals surface area (Å²) in [5.74, 6) is 0. The van der Waals surface area contributed by atoms with Crippen molar-refractivity contribution in [1.29, 1.82) is 0 Å². The Hall–Kier alpha value is -4.82. The average Bonchev–Trinajstić information content (AvgIpc) is 2.98. The summed E-state index contributed by atoms with van der Waals surface area (Å²) in [5, 5.41) is 0. The van der Waals surface area contributed by atoms with E-state index in [4.69, 9.17) is 9.97 Å². The summed E-state index contributed by atoms with van der Waals surface area (Å²) < 4.78 is 0. The summed E-state index contributed by atoms with van der Waals surface area (Å²) in [6.45, 7) is 0. The van der Waals surface area contributed by atoms with Crippen molar-refractivity contribution in [3.63, 3.8) is 0 Å². The summed E-state index contributed by atoms with van der Waals surface area (Å²) in [5.41, 5.74) is 11.1. The van der Waals surface area contributed by atoms with Gasteiger partial charge >= 0.3 is 0 Å². The molecule has 0 spiro atoms. The van der Waals surface area contributed by atoms with Gasteiger partial charge in [-0.15, -0.1) is 0 Å². The third-order valence-electron chi connectivity index (χ3n) is 6.43. The van der Waals surface area contributed by atoms with Gasteiger partial charge in [0.2, 0.25) is 0 Å². The number of hydrogen-bond donors (Lipinski definition) is 0. The molecule has 6 rings (SSSR count). The van der Waals surface area contributed by atoms with Crippen LogP contribution in [0.15, 0.2) is 146 Å². The summed E-state index contributed by atoms with van der Waals surface area (Å²) in [6, 6.07) is 46.5. The second-order valence-electron chi connectivity index (χ2n) is 8.68. The fraction of sp³-hybridized carbons (Fsp3) is 0. The van der Waals surface area contributed by atoms with Crippen LogP contribution in [0.25, 0.3) is 55.9 Å². The highest BCUT2D eigenvalue weighted by Crippen LogP contribution is 2.41. The molecule has 0 aliphatic carbocycles. The van der Waals surface area contributed by atoms with Gasteiger partial charge in [-0.05, 0) is 69.8 Å². The molecule has 0 amide bonds. The molecule has 36 heavy (non-hydrogen) atoms. The topological polar surface area (TPSA) is 25.8 Å². The van der Waals surface area contributed by atoms with Crippen molar-refractivity contribution >= 4 is 0 Å². The van der Waals surface area contributed by atoms with Crippen molar-refractivity contribution in [3.8, 4) is 55.9 Å². The van der Waals surface area contributed by atoms with E-state index in [9.17, 15) is 0 Å². The van der Waals surface area contributed by atoms with E-state index in [0.717, 1.165) is 33.6 Å². The first kappa shape index (κ1) is 21.7. The number of benzene rings is 4. The molecular formula is C34H24N2. The third kappa shape index (κ3) is 4.33. The van der Waals surface area contributed by atoms with Crippen molar-refractivity contribution in [1.82, 2.24) is 9.97 Å². The lowest BCUT2D eigenvalue weighted by Gasteiger charge is -2.17. The van der Waals surface area contributed by atoms with E-state index in [-0.39, 0.29) is 0 Å². The van der Waals surface area contributed by atoms with Crippen LogP contribution in [0.4, 0.5) is 0 Å². The highest BCUT2D eigenvalue weighted by Gasteiger charge is 2.16. The molecule has 0 saturated heterocycles. The van der Waals surface area contributed by atoms with Crippen LogP contribution in [0, 0.1) is 0 Å². The Labute approximate surface area is 211 Å². The highest BCUT2D eigenvalue weighted by atomic mass is 14.7. The average molecular weight is 461 g/mol. The zero-order valence-electron chi connectivity index (χ0n) is 19.8. The SMILES string of the molecule is c1ccc(-c2ccc(-c3ccccn3)c(-c3cc(-c4ccccc4)ccc3-c3ccccn3)c2)cc1. The Kier molecular flexibility index (Phi) is 5.91. The molecule has 0 radical (unpaired) electrons. The lowest BCUT2D eigenvalue weighted by atomic mass is 9.87. The minimum atomic E-state index is 0.948. The number of rotatable bonds is 5. The van der Waals surface area contributed by atoms with Gasteiger partial charge in [0.25, 0.3) is 0 Å². The van der Waals surface area contributed by atoms with E-state index >= 15 is 0 Å². The molecule has 0 unspecified atom stereocenters. The summed E-state index contributed by atoms with van der Waals surface area (Å²) >= 11 is 0. The smallest absolute Gasteiger partial charge is 0.0708 e. The molecule has 2 aromatic heterocycles. The van der Waals surface area contributed by atoms with Crippen molar-refractivity contribution in [2.45, 2.75) is 0 Å². The molecule has 2 heterocycles. The lowest BCUT2D eigenvalue weighted by Crippen LogP contribution is -1.94. The molecule has 0 N–H and O–H groups in total. The van der Waals surface area contributed by atoms with Crippen molar-refractivity contribution in [3.05, 3.63) is 146 Å². The monoisotopic (exact) mass is 460 g/mol. The predicted octanol–water partition coefficient (Wildman–Crippen LogP) is 8.81. The fourth-order valence-electron chi connectivity index (χ4n) is 4.65. The van der Waals surface area contributed by atoms with E-state index in [1.165, 1.54) is 22.3 Å². The number of aromatic nitrogens is 2. The summed E-state index contributed by atoms with van der Waals surface area (Å²) in [7, 11) is 0. The van der Waals surface area contributed by atoms with E-state index in [1.54, 1.807) is 0 Å². The first-order chi connectivity index (χ1) is 17.9. The maximum absolute atomic E-state index is 4.70. The maximum atomic E-state index is 4.70. The van der Waals surface area contributed by atoms with Gasteiger partial charge in [0.1, 0.15) is 0 Å². The van der Waals surface area contributed by atoms with Crippen LogP contribution in [0.3, 0.4) is 0 Å². The van der Waals surface area contributed by atoms with Gasteiger partial charge < -0.3 is 0 Å². The Morgan fingerprint density at radius 2 is 0.722 bits per heavy atom. The van der Waals surface area contributed by atoms with E-state index in [0.29, 0.717) is 0 Å². The van der Waals surface area contributed by atoms with Gasteiger partial charge in [-0.25, -0.2) is 0 Å². The maximum Gasteiger partial charge on any atom is 0.0708 e. The second kappa shape index (κ2) is 9.81. The van der Waals surface area contributed by atoms with Crippen LogP contribution in [0.5, 0.6) is 0 Å². The molecular weight excluding hydrogens is 436 g/mol. The normalized spacial score (nSPS) is 10.8. The standard InChI is InChI=1S/C34H24N2/c1-3-11-25(12-4-1)27-17-19-29(33-15-7-9-21-35-33)31(23-27)32-24-28(26-13-5-2-6-14-26)18-20-30(32)34-16-8-10-22-36-34/h1-24H. The molecule has 0 atom stereocenters. The Morgan fingerprint density at radius 1 is 0.306 bits per heavy atom.